The van der Waals surface area contributed by atoms with Crippen molar-refractivity contribution in [3.63, 3.8) is 0 Å². The van der Waals surface area contributed by atoms with Gasteiger partial charge in [0, 0.05) is 31.0 Å². The van der Waals surface area contributed by atoms with E-state index >= 15 is 0 Å². The first-order valence-corrected chi connectivity index (χ1v) is 5.05. The van der Waals surface area contributed by atoms with Gasteiger partial charge in [-0.25, -0.2) is 4.98 Å². The van der Waals surface area contributed by atoms with Gasteiger partial charge in [0.05, 0.1) is 6.20 Å². The summed E-state index contributed by atoms with van der Waals surface area (Å²) in [7, 11) is 0. The van der Waals surface area contributed by atoms with Gasteiger partial charge in [-0.05, 0) is 19.8 Å². The average Bonchev–Trinajstić information content (AvgIpc) is 2.19. The number of aromatic nitrogens is 2. The minimum atomic E-state index is 0.345. The van der Waals surface area contributed by atoms with Crippen LogP contribution in [-0.4, -0.2) is 28.6 Å². The molecule has 1 aliphatic heterocycles. The molecule has 0 aromatic carbocycles. The lowest BCUT2D eigenvalue weighted by Gasteiger charge is -2.36. The predicted molar refractivity (Wildman–Crippen MR) is 56.0 cm³/mol. The van der Waals surface area contributed by atoms with E-state index in [1.54, 1.807) is 12.4 Å². The molecule has 0 amide bonds. The Balaban J connectivity index is 2.12. The monoisotopic (exact) mass is 192 g/mol. The third-order valence-corrected chi connectivity index (χ3v) is 2.76. The first kappa shape index (κ1) is 9.40. The van der Waals surface area contributed by atoms with Gasteiger partial charge in [-0.15, -0.1) is 0 Å². The van der Waals surface area contributed by atoms with E-state index in [1.165, 1.54) is 0 Å². The minimum Gasteiger partial charge on any atom is -0.353 e. The molecular weight excluding hydrogens is 176 g/mol. The number of nitrogens with zero attached hydrogens (tertiary/aromatic N) is 3. The maximum atomic E-state index is 5.90. The molecule has 1 aromatic rings. The summed E-state index contributed by atoms with van der Waals surface area (Å²) in [4.78, 5) is 10.7. The molecule has 1 aliphatic rings. The van der Waals surface area contributed by atoms with Crippen molar-refractivity contribution >= 4 is 5.82 Å². The number of nitrogens with two attached hydrogens (primary N) is 1. The van der Waals surface area contributed by atoms with Crippen LogP contribution in [0, 0.1) is 0 Å². The topological polar surface area (TPSA) is 55.0 Å². The van der Waals surface area contributed by atoms with Crippen molar-refractivity contribution in [2.24, 2.45) is 5.73 Å². The predicted octanol–water partition coefficient (Wildman–Crippen LogP) is 0.793. The molecule has 1 aromatic heterocycles. The Morgan fingerprint density at radius 1 is 1.50 bits per heavy atom. The van der Waals surface area contributed by atoms with Crippen LogP contribution in [0.2, 0.25) is 0 Å². The van der Waals surface area contributed by atoms with Crippen LogP contribution in [0.25, 0.3) is 0 Å². The SMILES string of the molecule is CC1CC(N)CCN1c1cnccn1. The second-order valence-corrected chi connectivity index (χ2v) is 3.89. The number of hydrogen-bond donors (Lipinski definition) is 1. The fourth-order valence-electron chi connectivity index (χ4n) is 1.99. The number of piperidine rings is 1. The van der Waals surface area contributed by atoms with Gasteiger partial charge in [0.2, 0.25) is 0 Å². The molecule has 2 heterocycles. The summed E-state index contributed by atoms with van der Waals surface area (Å²) >= 11 is 0. The zero-order valence-corrected chi connectivity index (χ0v) is 8.43. The van der Waals surface area contributed by atoms with Crippen LogP contribution in [0.15, 0.2) is 18.6 Å². The van der Waals surface area contributed by atoms with Crippen molar-refractivity contribution in [1.29, 1.82) is 0 Å². The molecule has 4 nitrogen and oxygen atoms in total. The van der Waals surface area contributed by atoms with Crippen LogP contribution in [0.1, 0.15) is 19.8 Å². The molecule has 1 fully saturated rings. The molecule has 14 heavy (non-hydrogen) atoms. The molecular formula is C10H16N4. The van der Waals surface area contributed by atoms with E-state index < -0.39 is 0 Å². The fraction of sp³-hybridized carbons (Fsp3) is 0.600. The van der Waals surface area contributed by atoms with E-state index in [0.29, 0.717) is 12.1 Å². The fourth-order valence-corrected chi connectivity index (χ4v) is 1.99. The van der Waals surface area contributed by atoms with Gasteiger partial charge in [0.25, 0.3) is 0 Å². The summed E-state index contributed by atoms with van der Waals surface area (Å²) < 4.78 is 0. The Bertz CT molecular complexity index is 287. The standard InChI is InChI=1S/C10H16N4/c1-8-6-9(11)2-5-14(8)10-7-12-3-4-13-10/h3-4,7-9H,2,5-6,11H2,1H3. The largest absolute Gasteiger partial charge is 0.353 e. The highest BCUT2D eigenvalue weighted by molar-refractivity contribution is 5.37. The molecule has 0 aliphatic carbocycles. The number of rotatable bonds is 1. The van der Waals surface area contributed by atoms with Gasteiger partial charge in [-0.1, -0.05) is 0 Å². The second kappa shape index (κ2) is 3.92. The maximum Gasteiger partial charge on any atom is 0.147 e. The van der Waals surface area contributed by atoms with Crippen LogP contribution < -0.4 is 10.6 Å². The van der Waals surface area contributed by atoms with Crippen molar-refractivity contribution < 1.29 is 0 Å². The maximum absolute atomic E-state index is 5.90. The quantitative estimate of drug-likeness (QED) is 0.715. The first-order valence-electron chi connectivity index (χ1n) is 5.05. The Morgan fingerprint density at radius 2 is 2.36 bits per heavy atom. The summed E-state index contributed by atoms with van der Waals surface area (Å²) in [5, 5.41) is 0. The third kappa shape index (κ3) is 1.85. The van der Waals surface area contributed by atoms with Gasteiger partial charge in [0.1, 0.15) is 5.82 Å². The molecule has 2 unspecified atom stereocenters. The molecule has 0 saturated carbocycles. The number of anilines is 1. The molecule has 2 N–H and O–H groups in total. The summed E-state index contributed by atoms with van der Waals surface area (Å²) in [6, 6.07) is 0.813. The van der Waals surface area contributed by atoms with Gasteiger partial charge in [-0.3, -0.25) is 4.98 Å². The molecule has 1 saturated heterocycles. The Hall–Kier alpha value is -1.16. The van der Waals surface area contributed by atoms with Crippen molar-refractivity contribution in [1.82, 2.24) is 9.97 Å². The summed E-state index contributed by atoms with van der Waals surface area (Å²) in [6.45, 7) is 3.18. The van der Waals surface area contributed by atoms with Gasteiger partial charge < -0.3 is 10.6 Å². The van der Waals surface area contributed by atoms with Crippen LogP contribution >= 0.6 is 0 Å². The lowest BCUT2D eigenvalue weighted by Crippen LogP contribution is -2.46. The summed E-state index contributed by atoms with van der Waals surface area (Å²) in [6.07, 6.45) is 7.32. The lowest BCUT2D eigenvalue weighted by atomic mass is 9.99. The minimum absolute atomic E-state index is 0.345. The Kier molecular flexibility index (Phi) is 2.63. The zero-order chi connectivity index (χ0) is 9.97. The Labute approximate surface area is 84.2 Å². The van der Waals surface area contributed by atoms with Crippen molar-refractivity contribution in [3.05, 3.63) is 18.6 Å². The lowest BCUT2D eigenvalue weighted by molar-refractivity contribution is 0.427. The third-order valence-electron chi connectivity index (χ3n) is 2.76. The van der Waals surface area contributed by atoms with E-state index in [0.717, 1.165) is 25.2 Å². The van der Waals surface area contributed by atoms with Crippen molar-refractivity contribution in [2.45, 2.75) is 31.8 Å². The molecule has 0 bridgehead atoms. The normalized spacial score (nSPS) is 27.7. The second-order valence-electron chi connectivity index (χ2n) is 3.89. The molecule has 2 rings (SSSR count). The molecule has 0 spiro atoms. The van der Waals surface area contributed by atoms with Crippen LogP contribution in [-0.2, 0) is 0 Å². The molecule has 76 valence electrons. The van der Waals surface area contributed by atoms with Crippen LogP contribution in [0.5, 0.6) is 0 Å². The van der Waals surface area contributed by atoms with Gasteiger partial charge in [0.15, 0.2) is 0 Å². The molecule has 2 atom stereocenters. The zero-order valence-electron chi connectivity index (χ0n) is 8.43. The Morgan fingerprint density at radius 3 is 3.00 bits per heavy atom. The summed E-state index contributed by atoms with van der Waals surface area (Å²) in [5.74, 6) is 0.965. The van der Waals surface area contributed by atoms with E-state index in [1.807, 2.05) is 6.20 Å². The number of hydrogen-bond acceptors (Lipinski definition) is 4. The first-order chi connectivity index (χ1) is 6.77. The van der Waals surface area contributed by atoms with E-state index in [9.17, 15) is 0 Å². The van der Waals surface area contributed by atoms with E-state index in [2.05, 4.69) is 21.8 Å². The summed E-state index contributed by atoms with van der Waals surface area (Å²) in [5.41, 5.74) is 5.90. The van der Waals surface area contributed by atoms with E-state index in [4.69, 9.17) is 5.73 Å². The van der Waals surface area contributed by atoms with Crippen LogP contribution in [0.3, 0.4) is 0 Å². The highest BCUT2D eigenvalue weighted by Crippen LogP contribution is 2.20. The average molecular weight is 192 g/mol. The smallest absolute Gasteiger partial charge is 0.147 e. The highest BCUT2D eigenvalue weighted by atomic mass is 15.2. The molecule has 4 heteroatoms. The molecule has 0 radical (unpaired) electrons. The van der Waals surface area contributed by atoms with Gasteiger partial charge in [-0.2, -0.15) is 0 Å². The van der Waals surface area contributed by atoms with Crippen molar-refractivity contribution in [2.75, 3.05) is 11.4 Å². The van der Waals surface area contributed by atoms with Crippen LogP contribution in [0.4, 0.5) is 5.82 Å². The van der Waals surface area contributed by atoms with Gasteiger partial charge >= 0.3 is 0 Å². The van der Waals surface area contributed by atoms with E-state index in [-0.39, 0.29) is 0 Å². The van der Waals surface area contributed by atoms with Crippen molar-refractivity contribution in [3.8, 4) is 0 Å². The highest BCUT2D eigenvalue weighted by Gasteiger charge is 2.23.